The van der Waals surface area contributed by atoms with Crippen LogP contribution in [0.3, 0.4) is 0 Å². The Hall–Kier alpha value is -2.19. The maximum Gasteiger partial charge on any atom is 0.407 e. The van der Waals surface area contributed by atoms with E-state index < -0.39 is 29.3 Å². The molecular weight excluding hydrogens is 348 g/mol. The van der Waals surface area contributed by atoms with Crippen molar-refractivity contribution in [3.63, 3.8) is 0 Å². The third kappa shape index (κ3) is 6.97. The van der Waals surface area contributed by atoms with Crippen LogP contribution in [0.25, 0.3) is 0 Å². The van der Waals surface area contributed by atoms with E-state index >= 15 is 0 Å². The number of nitrogens with zero attached hydrogens (tertiary/aromatic N) is 2. The van der Waals surface area contributed by atoms with E-state index in [0.717, 1.165) is 6.07 Å². The monoisotopic (exact) mass is 375 g/mol. The zero-order valence-electron chi connectivity index (χ0n) is 16.1. The SMILES string of the molecule is CCOC(=O)c1cc(C(C)(F)F)nn1CC[C@@H](C)NC(=O)OC(C)(C)C. The number of ether oxygens (including phenoxy) is 2. The molecule has 26 heavy (non-hydrogen) atoms. The normalized spacial score (nSPS) is 13.2. The van der Waals surface area contributed by atoms with Gasteiger partial charge in [-0.2, -0.15) is 13.9 Å². The highest BCUT2D eigenvalue weighted by Gasteiger charge is 2.31. The number of hydrogen-bond donors (Lipinski definition) is 1. The smallest absolute Gasteiger partial charge is 0.407 e. The lowest BCUT2D eigenvalue weighted by Crippen LogP contribution is -2.38. The fourth-order valence-electron chi connectivity index (χ4n) is 2.07. The van der Waals surface area contributed by atoms with E-state index in [2.05, 4.69) is 10.4 Å². The maximum absolute atomic E-state index is 13.5. The molecule has 1 amide bonds. The van der Waals surface area contributed by atoms with Gasteiger partial charge in [-0.1, -0.05) is 0 Å². The minimum Gasteiger partial charge on any atom is -0.461 e. The van der Waals surface area contributed by atoms with Gasteiger partial charge in [-0.25, -0.2) is 9.59 Å². The van der Waals surface area contributed by atoms with Crippen LogP contribution in [0, 0.1) is 0 Å². The van der Waals surface area contributed by atoms with Crippen molar-refractivity contribution in [1.29, 1.82) is 0 Å². The number of halogens is 2. The van der Waals surface area contributed by atoms with Crippen molar-refractivity contribution in [2.24, 2.45) is 0 Å². The summed E-state index contributed by atoms with van der Waals surface area (Å²) >= 11 is 0. The molecule has 0 aliphatic carbocycles. The number of esters is 1. The second-order valence-corrected chi connectivity index (χ2v) is 7.08. The summed E-state index contributed by atoms with van der Waals surface area (Å²) in [6.07, 6.45) is -0.209. The summed E-state index contributed by atoms with van der Waals surface area (Å²) in [6.45, 7) is 9.60. The first-order chi connectivity index (χ1) is 11.8. The lowest BCUT2D eigenvalue weighted by molar-refractivity contribution is 0.0120. The molecule has 148 valence electrons. The van der Waals surface area contributed by atoms with Crippen LogP contribution < -0.4 is 5.32 Å². The molecule has 1 aromatic heterocycles. The first kappa shape index (κ1) is 21.9. The summed E-state index contributed by atoms with van der Waals surface area (Å²) in [5.41, 5.74) is -1.18. The lowest BCUT2D eigenvalue weighted by atomic mass is 10.2. The Morgan fingerprint density at radius 2 is 1.92 bits per heavy atom. The van der Waals surface area contributed by atoms with Crippen LogP contribution in [-0.2, 0) is 21.9 Å². The number of amides is 1. The van der Waals surface area contributed by atoms with Gasteiger partial charge in [-0.3, -0.25) is 4.68 Å². The van der Waals surface area contributed by atoms with E-state index in [4.69, 9.17) is 9.47 Å². The average molecular weight is 375 g/mol. The van der Waals surface area contributed by atoms with Gasteiger partial charge in [0.05, 0.1) is 6.61 Å². The summed E-state index contributed by atoms with van der Waals surface area (Å²) in [5, 5.41) is 6.47. The Balaban J connectivity index is 2.80. The number of alkyl halides is 2. The van der Waals surface area contributed by atoms with Gasteiger partial charge in [0.15, 0.2) is 0 Å². The van der Waals surface area contributed by atoms with Gasteiger partial charge in [-0.05, 0) is 41.0 Å². The third-order valence-electron chi connectivity index (χ3n) is 3.25. The first-order valence-electron chi connectivity index (χ1n) is 8.46. The van der Waals surface area contributed by atoms with E-state index in [-0.39, 0.29) is 24.9 Å². The van der Waals surface area contributed by atoms with Crippen molar-refractivity contribution in [3.8, 4) is 0 Å². The van der Waals surface area contributed by atoms with Gasteiger partial charge >= 0.3 is 12.1 Å². The van der Waals surface area contributed by atoms with E-state index in [1.807, 2.05) is 0 Å². The van der Waals surface area contributed by atoms with Crippen LogP contribution in [0.4, 0.5) is 13.6 Å². The van der Waals surface area contributed by atoms with Crippen molar-refractivity contribution < 1.29 is 27.8 Å². The molecule has 1 heterocycles. The molecule has 0 spiro atoms. The predicted molar refractivity (Wildman–Crippen MR) is 91.2 cm³/mol. The molecule has 1 rings (SSSR count). The number of rotatable bonds is 7. The number of hydrogen-bond acceptors (Lipinski definition) is 5. The van der Waals surface area contributed by atoms with Gasteiger partial charge in [0.2, 0.25) is 0 Å². The summed E-state index contributed by atoms with van der Waals surface area (Å²) in [7, 11) is 0. The molecule has 0 unspecified atom stereocenters. The number of carbonyl (C=O) groups is 2. The Kier molecular flexibility index (Phi) is 7.11. The molecule has 0 aromatic carbocycles. The second-order valence-electron chi connectivity index (χ2n) is 7.08. The Morgan fingerprint density at radius 3 is 2.42 bits per heavy atom. The molecule has 9 heteroatoms. The van der Waals surface area contributed by atoms with E-state index in [1.54, 1.807) is 34.6 Å². The molecule has 0 saturated heterocycles. The topological polar surface area (TPSA) is 82.5 Å². The number of alkyl carbamates (subject to hydrolysis) is 1. The highest BCUT2D eigenvalue weighted by atomic mass is 19.3. The molecule has 7 nitrogen and oxygen atoms in total. The van der Waals surface area contributed by atoms with Crippen LogP contribution in [0.15, 0.2) is 6.07 Å². The molecule has 0 bridgehead atoms. The highest BCUT2D eigenvalue weighted by Crippen LogP contribution is 2.26. The Bertz CT molecular complexity index is 633. The molecule has 0 aliphatic rings. The average Bonchev–Trinajstić information content (AvgIpc) is 2.87. The van der Waals surface area contributed by atoms with Gasteiger partial charge < -0.3 is 14.8 Å². The van der Waals surface area contributed by atoms with E-state index in [0.29, 0.717) is 13.3 Å². The third-order valence-corrected chi connectivity index (χ3v) is 3.25. The molecule has 0 radical (unpaired) electrons. The Labute approximate surface area is 152 Å². The van der Waals surface area contributed by atoms with Crippen LogP contribution in [0.5, 0.6) is 0 Å². The fourth-order valence-corrected chi connectivity index (χ4v) is 2.07. The number of aromatic nitrogens is 2. The first-order valence-corrected chi connectivity index (χ1v) is 8.46. The molecular formula is C17H27F2N3O4. The number of carbonyl (C=O) groups excluding carboxylic acids is 2. The highest BCUT2D eigenvalue weighted by molar-refractivity contribution is 5.87. The molecule has 1 aromatic rings. The number of aryl methyl sites for hydroxylation is 1. The molecule has 1 atom stereocenters. The van der Waals surface area contributed by atoms with Crippen LogP contribution >= 0.6 is 0 Å². The maximum atomic E-state index is 13.5. The predicted octanol–water partition coefficient (Wildman–Crippen LogP) is 3.47. The minimum absolute atomic E-state index is 0.0483. The lowest BCUT2D eigenvalue weighted by Gasteiger charge is -2.22. The molecule has 1 N–H and O–H groups in total. The van der Waals surface area contributed by atoms with Gasteiger partial charge in [0.1, 0.15) is 17.0 Å². The summed E-state index contributed by atoms with van der Waals surface area (Å²) in [4.78, 5) is 23.7. The van der Waals surface area contributed by atoms with E-state index in [9.17, 15) is 18.4 Å². The van der Waals surface area contributed by atoms with Gasteiger partial charge in [-0.15, -0.1) is 0 Å². The molecule has 0 saturated carbocycles. The number of nitrogens with one attached hydrogen (secondary N) is 1. The summed E-state index contributed by atoms with van der Waals surface area (Å²) < 4.78 is 38.3. The zero-order chi connectivity index (χ0) is 20.1. The summed E-state index contributed by atoms with van der Waals surface area (Å²) in [5.74, 6) is -3.89. The molecule has 0 aliphatic heterocycles. The van der Waals surface area contributed by atoms with Crippen molar-refractivity contribution in [3.05, 3.63) is 17.5 Å². The van der Waals surface area contributed by atoms with Crippen molar-refractivity contribution in [2.75, 3.05) is 6.61 Å². The van der Waals surface area contributed by atoms with Crippen LogP contribution in [-0.4, -0.2) is 40.1 Å². The van der Waals surface area contributed by atoms with Gasteiger partial charge in [0, 0.05) is 25.6 Å². The van der Waals surface area contributed by atoms with Gasteiger partial charge in [0.25, 0.3) is 5.92 Å². The van der Waals surface area contributed by atoms with Crippen LogP contribution in [0.2, 0.25) is 0 Å². The molecule has 0 fully saturated rings. The van der Waals surface area contributed by atoms with Crippen LogP contribution in [0.1, 0.15) is 64.1 Å². The summed E-state index contributed by atoms with van der Waals surface area (Å²) in [6, 6.07) is 0.721. The Morgan fingerprint density at radius 1 is 1.31 bits per heavy atom. The zero-order valence-corrected chi connectivity index (χ0v) is 16.1. The van der Waals surface area contributed by atoms with Crippen molar-refractivity contribution in [2.45, 2.75) is 72.1 Å². The van der Waals surface area contributed by atoms with Crippen molar-refractivity contribution >= 4 is 12.1 Å². The van der Waals surface area contributed by atoms with E-state index in [1.165, 1.54) is 4.68 Å². The standard InChI is InChI=1S/C17H27F2N3O4/c1-7-25-14(23)12-10-13(17(6,18)19)21-22(12)9-8-11(2)20-15(24)26-16(3,4)5/h10-11H,7-9H2,1-6H3,(H,20,24)/t11-/m1/s1. The minimum atomic E-state index is -3.17. The largest absolute Gasteiger partial charge is 0.461 e. The quantitative estimate of drug-likeness (QED) is 0.738. The van der Waals surface area contributed by atoms with Crippen molar-refractivity contribution in [1.82, 2.24) is 15.1 Å². The fraction of sp³-hybridized carbons (Fsp3) is 0.706. The second kappa shape index (κ2) is 8.46.